The second-order valence-electron chi connectivity index (χ2n) is 5.39. The normalized spacial score (nSPS) is 10.6. The third-order valence-electron chi connectivity index (χ3n) is 3.03. The molecule has 0 aliphatic rings. The minimum Gasteiger partial charge on any atom is -0.490 e. The molecule has 0 aliphatic heterocycles. The molecule has 0 unspecified atom stereocenters. The van der Waals surface area contributed by atoms with E-state index in [1.54, 1.807) is 32.0 Å². The highest BCUT2D eigenvalue weighted by Crippen LogP contribution is 2.37. The SMILES string of the molecule is CCOc1cc(C=O)cc(Br)c1OCc1ccc(C(=O)OC(C)C)o1. The Morgan fingerprint density at radius 1 is 1.28 bits per heavy atom. The molecule has 2 rings (SSSR count). The highest BCUT2D eigenvalue weighted by molar-refractivity contribution is 9.10. The summed E-state index contributed by atoms with van der Waals surface area (Å²) in [6.45, 7) is 5.89. The van der Waals surface area contributed by atoms with Crippen LogP contribution in [0.4, 0.5) is 0 Å². The lowest BCUT2D eigenvalue weighted by Crippen LogP contribution is -2.10. The molecular weight excluding hydrogens is 392 g/mol. The molecule has 2 aromatic rings. The maximum atomic E-state index is 11.8. The Labute approximate surface area is 154 Å². The molecule has 1 aromatic heterocycles. The number of carbonyl (C=O) groups is 2. The van der Waals surface area contributed by atoms with Crippen LogP contribution in [0.15, 0.2) is 33.2 Å². The zero-order valence-corrected chi connectivity index (χ0v) is 15.8. The first-order valence-corrected chi connectivity index (χ1v) is 8.57. The van der Waals surface area contributed by atoms with Gasteiger partial charge in [0, 0.05) is 5.56 Å². The fourth-order valence-electron chi connectivity index (χ4n) is 2.04. The molecule has 0 N–H and O–H groups in total. The fourth-order valence-corrected chi connectivity index (χ4v) is 2.61. The van der Waals surface area contributed by atoms with Gasteiger partial charge in [0.15, 0.2) is 11.5 Å². The van der Waals surface area contributed by atoms with Crippen LogP contribution in [0.25, 0.3) is 0 Å². The Morgan fingerprint density at radius 3 is 2.68 bits per heavy atom. The summed E-state index contributed by atoms with van der Waals surface area (Å²) in [5.41, 5.74) is 0.472. The lowest BCUT2D eigenvalue weighted by molar-refractivity contribution is 0.0337. The zero-order chi connectivity index (χ0) is 18.4. The summed E-state index contributed by atoms with van der Waals surface area (Å²) in [5.74, 6) is 0.963. The van der Waals surface area contributed by atoms with E-state index < -0.39 is 5.97 Å². The van der Waals surface area contributed by atoms with Crippen molar-refractivity contribution in [2.45, 2.75) is 33.5 Å². The molecule has 1 heterocycles. The van der Waals surface area contributed by atoms with Gasteiger partial charge in [-0.1, -0.05) is 0 Å². The molecule has 0 spiro atoms. The number of benzene rings is 1. The summed E-state index contributed by atoms with van der Waals surface area (Å²) in [6.07, 6.45) is 0.509. The standard InChI is InChI=1S/C18H19BrO6/c1-4-22-16-8-12(9-20)7-14(19)17(16)23-10-13-5-6-15(25-13)18(21)24-11(2)3/h5-9,11H,4,10H2,1-3H3. The van der Waals surface area contributed by atoms with E-state index in [-0.39, 0.29) is 18.5 Å². The Morgan fingerprint density at radius 2 is 2.04 bits per heavy atom. The molecule has 7 heteroatoms. The van der Waals surface area contributed by atoms with Gasteiger partial charge in [-0.3, -0.25) is 4.79 Å². The Bertz CT molecular complexity index is 750. The molecule has 0 radical (unpaired) electrons. The molecule has 0 atom stereocenters. The van der Waals surface area contributed by atoms with Crippen molar-refractivity contribution < 1.29 is 28.2 Å². The molecule has 0 aliphatic carbocycles. The highest BCUT2D eigenvalue weighted by Gasteiger charge is 2.16. The maximum absolute atomic E-state index is 11.8. The smallest absolute Gasteiger partial charge is 0.374 e. The van der Waals surface area contributed by atoms with Gasteiger partial charge in [-0.05, 0) is 61.0 Å². The molecule has 6 nitrogen and oxygen atoms in total. The van der Waals surface area contributed by atoms with Crippen molar-refractivity contribution in [2.75, 3.05) is 6.61 Å². The van der Waals surface area contributed by atoms with Crippen LogP contribution in [0.3, 0.4) is 0 Å². The van der Waals surface area contributed by atoms with E-state index in [2.05, 4.69) is 15.9 Å². The number of hydrogen-bond acceptors (Lipinski definition) is 6. The predicted molar refractivity (Wildman–Crippen MR) is 94.3 cm³/mol. The lowest BCUT2D eigenvalue weighted by Gasteiger charge is -2.13. The van der Waals surface area contributed by atoms with Gasteiger partial charge in [0.25, 0.3) is 0 Å². The second-order valence-corrected chi connectivity index (χ2v) is 6.24. The molecule has 0 amide bonds. The minimum absolute atomic E-state index is 0.0913. The first-order chi connectivity index (χ1) is 11.9. The van der Waals surface area contributed by atoms with Gasteiger partial charge in [0.2, 0.25) is 5.76 Å². The first-order valence-electron chi connectivity index (χ1n) is 7.78. The molecule has 1 aromatic carbocycles. The van der Waals surface area contributed by atoms with E-state index >= 15 is 0 Å². The fraction of sp³-hybridized carbons (Fsp3) is 0.333. The first kappa shape index (κ1) is 19.1. The van der Waals surface area contributed by atoms with Crippen molar-refractivity contribution in [3.8, 4) is 11.5 Å². The Balaban J connectivity index is 2.12. The third-order valence-corrected chi connectivity index (χ3v) is 3.62. The number of aldehydes is 1. The number of furan rings is 1. The van der Waals surface area contributed by atoms with Crippen molar-refractivity contribution in [3.05, 3.63) is 45.8 Å². The number of halogens is 1. The maximum Gasteiger partial charge on any atom is 0.374 e. The quantitative estimate of drug-likeness (QED) is 0.474. The number of carbonyl (C=O) groups excluding carboxylic acids is 2. The van der Waals surface area contributed by atoms with E-state index in [0.29, 0.717) is 33.9 Å². The Kier molecular flexibility index (Phi) is 6.64. The van der Waals surface area contributed by atoms with Gasteiger partial charge in [0.05, 0.1) is 17.2 Å². The third kappa shape index (κ3) is 5.09. The topological polar surface area (TPSA) is 75.0 Å². The van der Waals surface area contributed by atoms with Gasteiger partial charge in [-0.15, -0.1) is 0 Å². The van der Waals surface area contributed by atoms with Gasteiger partial charge >= 0.3 is 5.97 Å². The number of esters is 1. The molecule has 0 saturated heterocycles. The van der Waals surface area contributed by atoms with E-state index in [9.17, 15) is 9.59 Å². The summed E-state index contributed by atoms with van der Waals surface area (Å²) in [6, 6.07) is 6.42. The van der Waals surface area contributed by atoms with Crippen molar-refractivity contribution in [3.63, 3.8) is 0 Å². The van der Waals surface area contributed by atoms with Crippen LogP contribution in [0.1, 0.15) is 47.4 Å². The molecule has 0 saturated carbocycles. The Hall–Kier alpha value is -2.28. The van der Waals surface area contributed by atoms with Crippen molar-refractivity contribution in [1.29, 1.82) is 0 Å². The molecule has 134 valence electrons. The summed E-state index contributed by atoms with van der Waals surface area (Å²) in [7, 11) is 0. The van der Waals surface area contributed by atoms with E-state index in [4.69, 9.17) is 18.6 Å². The van der Waals surface area contributed by atoms with Gasteiger partial charge in [-0.2, -0.15) is 0 Å². The monoisotopic (exact) mass is 410 g/mol. The number of hydrogen-bond donors (Lipinski definition) is 0. The highest BCUT2D eigenvalue weighted by atomic mass is 79.9. The molecule has 25 heavy (non-hydrogen) atoms. The number of rotatable bonds is 8. The molecule has 0 bridgehead atoms. The molecular formula is C18H19BrO6. The summed E-state index contributed by atoms with van der Waals surface area (Å²) in [4.78, 5) is 22.8. The minimum atomic E-state index is -0.521. The van der Waals surface area contributed by atoms with Crippen LogP contribution in [-0.2, 0) is 11.3 Å². The van der Waals surface area contributed by atoms with Crippen LogP contribution in [0, 0.1) is 0 Å². The van der Waals surface area contributed by atoms with Gasteiger partial charge < -0.3 is 18.6 Å². The van der Waals surface area contributed by atoms with Crippen LogP contribution in [-0.4, -0.2) is 25.0 Å². The largest absolute Gasteiger partial charge is 0.490 e. The van der Waals surface area contributed by atoms with Crippen LogP contribution < -0.4 is 9.47 Å². The average Bonchev–Trinajstić information content (AvgIpc) is 3.02. The van der Waals surface area contributed by atoms with E-state index in [1.165, 1.54) is 6.07 Å². The van der Waals surface area contributed by atoms with Gasteiger partial charge in [-0.25, -0.2) is 4.79 Å². The second kappa shape index (κ2) is 8.71. The predicted octanol–water partition coefficient (Wildman–Crippen LogP) is 4.40. The van der Waals surface area contributed by atoms with E-state index in [1.807, 2.05) is 6.92 Å². The summed E-state index contributed by atoms with van der Waals surface area (Å²) < 4.78 is 22.4. The molecule has 0 fully saturated rings. The van der Waals surface area contributed by atoms with Crippen molar-refractivity contribution in [2.24, 2.45) is 0 Å². The zero-order valence-electron chi connectivity index (χ0n) is 14.2. The van der Waals surface area contributed by atoms with Crippen LogP contribution >= 0.6 is 15.9 Å². The summed E-state index contributed by atoms with van der Waals surface area (Å²) >= 11 is 3.37. The van der Waals surface area contributed by atoms with Crippen LogP contribution in [0.5, 0.6) is 11.5 Å². The van der Waals surface area contributed by atoms with Crippen molar-refractivity contribution >= 4 is 28.2 Å². The van der Waals surface area contributed by atoms with Crippen LogP contribution in [0.2, 0.25) is 0 Å². The van der Waals surface area contributed by atoms with Gasteiger partial charge in [0.1, 0.15) is 18.7 Å². The van der Waals surface area contributed by atoms with E-state index in [0.717, 1.165) is 6.29 Å². The summed E-state index contributed by atoms with van der Waals surface area (Å²) in [5, 5.41) is 0. The van der Waals surface area contributed by atoms with Crippen molar-refractivity contribution in [1.82, 2.24) is 0 Å². The average molecular weight is 411 g/mol. The lowest BCUT2D eigenvalue weighted by atomic mass is 10.2. The number of ether oxygens (including phenoxy) is 3.